The zero-order chi connectivity index (χ0) is 40.7. The lowest BCUT2D eigenvalue weighted by atomic mass is 9.81. The number of pyridine rings is 1. The highest BCUT2D eigenvalue weighted by Gasteiger charge is 2.33. The van der Waals surface area contributed by atoms with Gasteiger partial charge in [-0.25, -0.2) is 4.98 Å². The Morgan fingerprint density at radius 1 is 0.474 bits per heavy atom. The summed E-state index contributed by atoms with van der Waals surface area (Å²) in [7, 11) is 0. The fraction of sp³-hybridized carbons (Fsp3) is 0.327. The Bertz CT molecular complexity index is 2640. The fourth-order valence-electron chi connectivity index (χ4n) is 8.13. The number of nitrogens with zero attached hydrogens (tertiary/aromatic N) is 4. The van der Waals surface area contributed by atoms with Gasteiger partial charge in [0.25, 0.3) is 0 Å². The average Bonchev–Trinajstić information content (AvgIpc) is 3.69. The number of ether oxygens (including phenoxy) is 1. The maximum absolute atomic E-state index is 6.93. The molecule has 0 atom stereocenters. The Balaban J connectivity index is 1.23. The first-order valence-electron chi connectivity index (χ1n) is 20.4. The maximum atomic E-state index is 6.93. The maximum Gasteiger partial charge on any atom is 0.137 e. The summed E-state index contributed by atoms with van der Waals surface area (Å²) in [4.78, 5) is 9.85. The molecule has 5 aromatic carbocycles. The molecular weight excluding hydrogens is 697 g/mol. The number of hydrogen-bond acceptors (Lipinski definition) is 4. The molecule has 1 aliphatic heterocycles. The molecule has 0 aliphatic carbocycles. The van der Waals surface area contributed by atoms with Crippen LogP contribution >= 0.6 is 0 Å². The first-order valence-corrected chi connectivity index (χ1v) is 20.4. The molecule has 0 fully saturated rings. The molecule has 0 N–H and O–H groups in total. The third-order valence-electron chi connectivity index (χ3n) is 11.5. The van der Waals surface area contributed by atoms with E-state index in [0.29, 0.717) is 6.67 Å². The van der Waals surface area contributed by atoms with Crippen molar-refractivity contribution >= 4 is 44.6 Å². The summed E-state index contributed by atoms with van der Waals surface area (Å²) in [5, 5.41) is 2.36. The minimum absolute atomic E-state index is 0.00126. The molecule has 0 saturated heterocycles. The number of benzene rings is 5. The van der Waals surface area contributed by atoms with Crippen molar-refractivity contribution in [2.45, 2.75) is 105 Å². The van der Waals surface area contributed by atoms with Gasteiger partial charge in [0, 0.05) is 40.5 Å². The highest BCUT2D eigenvalue weighted by Crippen LogP contribution is 2.49. The molecule has 0 unspecified atom stereocenters. The van der Waals surface area contributed by atoms with Crippen molar-refractivity contribution in [2.24, 2.45) is 0 Å². The van der Waals surface area contributed by atoms with E-state index in [0.717, 1.165) is 34.0 Å². The van der Waals surface area contributed by atoms with Crippen molar-refractivity contribution in [1.82, 2.24) is 9.55 Å². The number of anilines is 4. The Morgan fingerprint density at radius 3 is 1.79 bits per heavy atom. The Hall–Kier alpha value is -5.55. The van der Waals surface area contributed by atoms with Gasteiger partial charge in [0.15, 0.2) is 0 Å². The lowest BCUT2D eigenvalue weighted by Crippen LogP contribution is -2.27. The summed E-state index contributed by atoms with van der Waals surface area (Å²) < 4.78 is 9.21. The van der Waals surface area contributed by atoms with Gasteiger partial charge in [-0.1, -0.05) is 126 Å². The van der Waals surface area contributed by atoms with Gasteiger partial charge >= 0.3 is 0 Å². The first-order chi connectivity index (χ1) is 26.8. The third kappa shape index (κ3) is 7.18. The van der Waals surface area contributed by atoms with Crippen LogP contribution in [-0.2, 0) is 21.7 Å². The second-order valence-corrected chi connectivity index (χ2v) is 20.0. The lowest BCUT2D eigenvalue weighted by Gasteiger charge is -2.32. The molecule has 0 saturated carbocycles. The molecule has 3 heterocycles. The Kier molecular flexibility index (Phi) is 9.11. The molecular formula is C52H58N4O. The van der Waals surface area contributed by atoms with Crippen LogP contribution in [0.1, 0.15) is 105 Å². The predicted octanol–water partition coefficient (Wildman–Crippen LogP) is 14.4. The van der Waals surface area contributed by atoms with Gasteiger partial charge in [-0.05, 0) is 105 Å². The topological polar surface area (TPSA) is 33.5 Å². The molecule has 7 aromatic rings. The molecule has 2 aromatic heterocycles. The highest BCUT2D eigenvalue weighted by atomic mass is 16.5. The van der Waals surface area contributed by atoms with Crippen LogP contribution in [0, 0.1) is 0 Å². The van der Waals surface area contributed by atoms with E-state index >= 15 is 0 Å². The molecule has 0 spiro atoms. The van der Waals surface area contributed by atoms with Crippen LogP contribution in [0.4, 0.5) is 22.7 Å². The fourth-order valence-corrected chi connectivity index (χ4v) is 8.13. The minimum Gasteiger partial charge on any atom is -0.457 e. The van der Waals surface area contributed by atoms with Crippen LogP contribution in [0.15, 0.2) is 121 Å². The number of aromatic nitrogens is 2. The molecule has 5 heteroatoms. The molecule has 1 aliphatic rings. The molecule has 8 rings (SSSR count). The zero-order valence-electron chi connectivity index (χ0n) is 36.0. The second-order valence-electron chi connectivity index (χ2n) is 20.0. The summed E-state index contributed by atoms with van der Waals surface area (Å²) in [5.41, 5.74) is 12.0. The molecule has 0 radical (unpaired) electrons. The van der Waals surface area contributed by atoms with E-state index in [1.54, 1.807) is 0 Å². The molecule has 57 heavy (non-hydrogen) atoms. The van der Waals surface area contributed by atoms with Crippen LogP contribution in [0.2, 0.25) is 0 Å². The zero-order valence-corrected chi connectivity index (χ0v) is 36.0. The second kappa shape index (κ2) is 13.5. The van der Waals surface area contributed by atoms with Gasteiger partial charge < -0.3 is 14.5 Å². The monoisotopic (exact) mass is 754 g/mol. The van der Waals surface area contributed by atoms with Gasteiger partial charge in [0.2, 0.25) is 0 Å². The molecule has 292 valence electrons. The Labute approximate surface area is 339 Å². The largest absolute Gasteiger partial charge is 0.457 e. The quantitative estimate of drug-likeness (QED) is 0.175. The lowest BCUT2D eigenvalue weighted by molar-refractivity contribution is 0.479. The van der Waals surface area contributed by atoms with Gasteiger partial charge in [0.1, 0.15) is 24.0 Å². The number of fused-ring (bicyclic) bond motifs is 4. The Morgan fingerprint density at radius 2 is 1.11 bits per heavy atom. The van der Waals surface area contributed by atoms with Crippen LogP contribution in [0.3, 0.4) is 0 Å². The van der Waals surface area contributed by atoms with E-state index in [1.807, 2.05) is 6.20 Å². The SMILES string of the molecule is CC(C)(C)c1cc(Oc2ccc3c4ccccc4n(-c4cc(C(C)(C)C)ccn4)c3c2)cc(N2CN(c3cc(C(C)(C)C)ccc3C(C)(C)C)c3ccccc32)c1. The first kappa shape index (κ1) is 38.3. The predicted molar refractivity (Wildman–Crippen MR) is 242 cm³/mol. The summed E-state index contributed by atoms with van der Waals surface area (Å²) in [6.07, 6.45) is 1.93. The van der Waals surface area contributed by atoms with E-state index in [-0.39, 0.29) is 21.7 Å². The van der Waals surface area contributed by atoms with E-state index < -0.39 is 0 Å². The summed E-state index contributed by atoms with van der Waals surface area (Å²) >= 11 is 0. The van der Waals surface area contributed by atoms with Gasteiger partial charge in [-0.3, -0.25) is 4.57 Å². The van der Waals surface area contributed by atoms with Crippen molar-refractivity contribution in [1.29, 1.82) is 0 Å². The summed E-state index contributed by atoms with van der Waals surface area (Å²) in [6, 6.07) is 42.1. The van der Waals surface area contributed by atoms with E-state index in [4.69, 9.17) is 9.72 Å². The van der Waals surface area contributed by atoms with Crippen molar-refractivity contribution < 1.29 is 4.74 Å². The van der Waals surface area contributed by atoms with Gasteiger partial charge in [0.05, 0.1) is 22.4 Å². The van der Waals surface area contributed by atoms with Crippen LogP contribution < -0.4 is 14.5 Å². The van der Waals surface area contributed by atoms with E-state index in [1.165, 1.54) is 50.1 Å². The van der Waals surface area contributed by atoms with Crippen molar-refractivity contribution in [3.05, 3.63) is 144 Å². The van der Waals surface area contributed by atoms with E-state index in [2.05, 4.69) is 213 Å². The number of para-hydroxylation sites is 3. The normalized spacial score (nSPS) is 13.8. The van der Waals surface area contributed by atoms with Crippen LogP contribution in [0.5, 0.6) is 11.5 Å². The number of rotatable bonds is 5. The van der Waals surface area contributed by atoms with Crippen molar-refractivity contribution in [2.75, 3.05) is 16.5 Å². The highest BCUT2D eigenvalue weighted by molar-refractivity contribution is 6.09. The summed E-state index contributed by atoms with van der Waals surface area (Å²) in [6.45, 7) is 28.1. The van der Waals surface area contributed by atoms with Crippen LogP contribution in [0.25, 0.3) is 27.6 Å². The third-order valence-corrected chi connectivity index (χ3v) is 11.5. The average molecular weight is 755 g/mol. The molecule has 0 bridgehead atoms. The van der Waals surface area contributed by atoms with Crippen molar-refractivity contribution in [3.8, 4) is 17.3 Å². The van der Waals surface area contributed by atoms with Gasteiger partial charge in [-0.2, -0.15) is 0 Å². The van der Waals surface area contributed by atoms with Crippen molar-refractivity contribution in [3.63, 3.8) is 0 Å². The summed E-state index contributed by atoms with van der Waals surface area (Å²) in [5.74, 6) is 2.50. The molecule has 0 amide bonds. The molecule has 5 nitrogen and oxygen atoms in total. The van der Waals surface area contributed by atoms with Crippen LogP contribution in [-0.4, -0.2) is 16.2 Å². The minimum atomic E-state index is -0.104. The number of hydrogen-bond donors (Lipinski definition) is 0. The van der Waals surface area contributed by atoms with E-state index in [9.17, 15) is 0 Å². The standard InChI is InChI=1S/C52H58N4O/c1-49(2,3)34-21-24-42(52(10,11)12)47(29-34)55-33-54(44-19-15-16-20-45(44)55)37-27-36(51(7,8)9)28-39(31-37)57-38-22-23-41-40-17-13-14-18-43(40)56(46(41)32-38)48-30-35(25-26-53-48)50(4,5)6/h13-32H,33H2,1-12H3. The van der Waals surface area contributed by atoms with Gasteiger partial charge in [-0.15, -0.1) is 0 Å². The smallest absolute Gasteiger partial charge is 0.137 e.